The first-order chi connectivity index (χ1) is 11.9. The van der Waals surface area contributed by atoms with Crippen LogP contribution in [-0.2, 0) is 9.59 Å². The number of ketones is 2. The summed E-state index contributed by atoms with van der Waals surface area (Å²) in [5.41, 5.74) is 6.43. The molecule has 0 bridgehead atoms. The van der Waals surface area contributed by atoms with E-state index in [0.717, 1.165) is 17.6 Å². The molecule has 3 aliphatic rings. The minimum absolute atomic E-state index is 0.140. The zero-order valence-electron chi connectivity index (χ0n) is 15.6. The monoisotopic (exact) mass is 334 g/mol. The van der Waals surface area contributed by atoms with Crippen LogP contribution in [0.3, 0.4) is 0 Å². The average molecular weight is 334 g/mol. The summed E-state index contributed by atoms with van der Waals surface area (Å²) in [7, 11) is 0. The highest BCUT2D eigenvalue weighted by Gasteiger charge is 2.42. The van der Waals surface area contributed by atoms with Gasteiger partial charge in [-0.15, -0.1) is 0 Å². The standard InChI is InChI=1S/C23H26O2/c1-12-13(2)23(25)20(15(4)22(12)24)21-18-9-6-5-8-16(18)14(3)17-10-7-11-19(17)21/h5-6,8-9,12-14,17H,7,10-11H2,1-4H3. The van der Waals surface area contributed by atoms with Crippen molar-refractivity contribution >= 4 is 17.1 Å². The van der Waals surface area contributed by atoms with E-state index in [1.807, 2.05) is 20.8 Å². The van der Waals surface area contributed by atoms with E-state index in [0.29, 0.717) is 17.4 Å². The lowest BCUT2D eigenvalue weighted by atomic mass is 9.67. The summed E-state index contributed by atoms with van der Waals surface area (Å²) in [6.45, 7) is 7.96. The molecule has 0 spiro atoms. The van der Waals surface area contributed by atoms with Crippen LogP contribution in [0, 0.1) is 17.8 Å². The van der Waals surface area contributed by atoms with Gasteiger partial charge < -0.3 is 0 Å². The normalized spacial score (nSPS) is 32.2. The van der Waals surface area contributed by atoms with E-state index in [-0.39, 0.29) is 23.4 Å². The van der Waals surface area contributed by atoms with Crippen molar-refractivity contribution in [2.24, 2.45) is 17.8 Å². The molecule has 4 unspecified atom stereocenters. The Morgan fingerprint density at radius 2 is 1.56 bits per heavy atom. The number of fused-ring (bicyclic) bond motifs is 2. The number of carbonyl (C=O) groups is 2. The first-order valence-corrected chi connectivity index (χ1v) is 9.55. The van der Waals surface area contributed by atoms with Gasteiger partial charge in [-0.25, -0.2) is 0 Å². The number of Topliss-reactive ketones (excluding diaryl/α,β-unsaturated/α-hetero) is 2. The fraction of sp³-hybridized carbons (Fsp3) is 0.478. The second kappa shape index (κ2) is 5.79. The SMILES string of the molecule is CC1=C(C2=C3CCCC3C(C)c3ccccc32)C(=O)C(C)C(C)C1=O. The molecule has 2 heteroatoms. The number of benzene rings is 1. The number of rotatable bonds is 1. The molecule has 0 N–H and O–H groups in total. The van der Waals surface area contributed by atoms with Gasteiger partial charge in [0.25, 0.3) is 0 Å². The van der Waals surface area contributed by atoms with Crippen molar-refractivity contribution in [1.82, 2.24) is 0 Å². The summed E-state index contributed by atoms with van der Waals surface area (Å²) < 4.78 is 0. The molecule has 0 aliphatic heterocycles. The summed E-state index contributed by atoms with van der Waals surface area (Å²) in [4.78, 5) is 26.0. The first kappa shape index (κ1) is 16.5. The van der Waals surface area contributed by atoms with E-state index in [4.69, 9.17) is 0 Å². The fourth-order valence-corrected chi connectivity index (χ4v) is 5.18. The molecular weight excluding hydrogens is 308 g/mol. The quantitative estimate of drug-likeness (QED) is 0.716. The maximum atomic E-state index is 13.2. The maximum absolute atomic E-state index is 13.2. The molecule has 2 nitrogen and oxygen atoms in total. The molecular formula is C23H26O2. The summed E-state index contributed by atoms with van der Waals surface area (Å²) in [5.74, 6) is 0.861. The fourth-order valence-electron chi connectivity index (χ4n) is 5.18. The molecule has 1 aromatic rings. The van der Waals surface area contributed by atoms with Crippen LogP contribution in [0.15, 0.2) is 41.0 Å². The molecule has 3 aliphatic carbocycles. The van der Waals surface area contributed by atoms with Crippen LogP contribution in [0.5, 0.6) is 0 Å². The lowest BCUT2D eigenvalue weighted by molar-refractivity contribution is -0.129. The number of hydrogen-bond acceptors (Lipinski definition) is 2. The molecule has 1 saturated carbocycles. The van der Waals surface area contributed by atoms with Crippen molar-refractivity contribution in [3.8, 4) is 0 Å². The van der Waals surface area contributed by atoms with Crippen LogP contribution < -0.4 is 0 Å². The minimum atomic E-state index is -0.231. The van der Waals surface area contributed by atoms with Crippen molar-refractivity contribution in [2.45, 2.75) is 52.9 Å². The van der Waals surface area contributed by atoms with Crippen LogP contribution in [0.25, 0.3) is 5.57 Å². The Balaban J connectivity index is 2.01. The Morgan fingerprint density at radius 3 is 2.32 bits per heavy atom. The van der Waals surface area contributed by atoms with Gasteiger partial charge in [-0.05, 0) is 54.7 Å². The third-order valence-corrected chi connectivity index (χ3v) is 6.87. The molecule has 25 heavy (non-hydrogen) atoms. The van der Waals surface area contributed by atoms with Gasteiger partial charge in [0, 0.05) is 23.0 Å². The van der Waals surface area contributed by atoms with Gasteiger partial charge in [0.1, 0.15) is 0 Å². The molecule has 1 fully saturated rings. The van der Waals surface area contributed by atoms with Crippen LogP contribution in [0.1, 0.15) is 64.0 Å². The van der Waals surface area contributed by atoms with Gasteiger partial charge in [-0.1, -0.05) is 50.6 Å². The Bertz CT molecular complexity index is 839. The van der Waals surface area contributed by atoms with E-state index in [2.05, 4.69) is 31.2 Å². The van der Waals surface area contributed by atoms with Crippen LogP contribution in [0.2, 0.25) is 0 Å². The maximum Gasteiger partial charge on any atom is 0.167 e. The van der Waals surface area contributed by atoms with Crippen LogP contribution >= 0.6 is 0 Å². The molecule has 0 radical (unpaired) electrons. The second-order valence-electron chi connectivity index (χ2n) is 8.08. The van der Waals surface area contributed by atoms with Crippen molar-refractivity contribution in [3.05, 3.63) is 52.1 Å². The topological polar surface area (TPSA) is 34.1 Å². The van der Waals surface area contributed by atoms with E-state index in [1.165, 1.54) is 29.5 Å². The largest absolute Gasteiger partial charge is 0.294 e. The third-order valence-electron chi connectivity index (χ3n) is 6.87. The number of hydrogen-bond donors (Lipinski definition) is 0. The molecule has 0 heterocycles. The van der Waals surface area contributed by atoms with E-state index in [9.17, 15) is 9.59 Å². The highest BCUT2D eigenvalue weighted by Crippen LogP contribution is 2.53. The summed E-state index contributed by atoms with van der Waals surface area (Å²) in [5, 5.41) is 0. The zero-order valence-corrected chi connectivity index (χ0v) is 15.6. The molecule has 4 rings (SSSR count). The molecule has 130 valence electrons. The Morgan fingerprint density at radius 1 is 0.880 bits per heavy atom. The molecule has 0 amide bonds. The van der Waals surface area contributed by atoms with E-state index in [1.54, 1.807) is 0 Å². The van der Waals surface area contributed by atoms with Crippen LogP contribution in [0.4, 0.5) is 0 Å². The highest BCUT2D eigenvalue weighted by atomic mass is 16.1. The first-order valence-electron chi connectivity index (χ1n) is 9.55. The van der Waals surface area contributed by atoms with Crippen LogP contribution in [-0.4, -0.2) is 11.6 Å². The Hall–Kier alpha value is -1.96. The second-order valence-corrected chi connectivity index (χ2v) is 8.08. The predicted molar refractivity (Wildman–Crippen MR) is 100 cm³/mol. The summed E-state index contributed by atoms with van der Waals surface area (Å²) in [6, 6.07) is 8.49. The third kappa shape index (κ3) is 2.23. The molecule has 4 atom stereocenters. The summed E-state index contributed by atoms with van der Waals surface area (Å²) in [6.07, 6.45) is 3.43. The Kier molecular flexibility index (Phi) is 3.82. The molecule has 1 aromatic carbocycles. The van der Waals surface area contributed by atoms with Gasteiger partial charge >= 0.3 is 0 Å². The van der Waals surface area contributed by atoms with Crippen molar-refractivity contribution in [2.75, 3.05) is 0 Å². The Labute approximate surface area is 150 Å². The zero-order chi connectivity index (χ0) is 17.9. The highest BCUT2D eigenvalue weighted by molar-refractivity contribution is 6.22. The predicted octanol–water partition coefficient (Wildman–Crippen LogP) is 5.10. The van der Waals surface area contributed by atoms with Crippen molar-refractivity contribution in [1.29, 1.82) is 0 Å². The van der Waals surface area contributed by atoms with Gasteiger partial charge in [0.05, 0.1) is 0 Å². The van der Waals surface area contributed by atoms with Crippen molar-refractivity contribution in [3.63, 3.8) is 0 Å². The van der Waals surface area contributed by atoms with Gasteiger partial charge in [0.15, 0.2) is 11.6 Å². The van der Waals surface area contributed by atoms with E-state index >= 15 is 0 Å². The minimum Gasteiger partial charge on any atom is -0.294 e. The molecule has 0 saturated heterocycles. The lowest BCUT2D eigenvalue weighted by Crippen LogP contribution is -2.35. The number of allylic oxidation sites excluding steroid dienone is 4. The van der Waals surface area contributed by atoms with Gasteiger partial charge in [-0.3, -0.25) is 9.59 Å². The summed E-state index contributed by atoms with van der Waals surface area (Å²) >= 11 is 0. The smallest absolute Gasteiger partial charge is 0.167 e. The number of carbonyl (C=O) groups excluding carboxylic acids is 2. The lowest BCUT2D eigenvalue weighted by Gasteiger charge is -2.36. The van der Waals surface area contributed by atoms with Gasteiger partial charge in [0.2, 0.25) is 0 Å². The average Bonchev–Trinajstić information content (AvgIpc) is 3.11. The molecule has 0 aromatic heterocycles. The van der Waals surface area contributed by atoms with Gasteiger partial charge in [-0.2, -0.15) is 0 Å². The van der Waals surface area contributed by atoms with Crippen molar-refractivity contribution < 1.29 is 9.59 Å². The van der Waals surface area contributed by atoms with E-state index < -0.39 is 0 Å².